The Balaban J connectivity index is 0.934. The number of nitrogens with zero attached hydrogens (tertiary/aromatic N) is 2. The SMILES string of the molecule is c1ccc2c(c1)-c1ccc(N(c3ccc4c(c3)C3(c5ccccc5-c5ccccc53)c3ccccc3-4)c3ccccc3-n3c4ccccc4c4ccccc43)cc1C21c2cc(C3CCCCC3)ccc2Oc2ccc(C3CCCCC3)cc21. The average Bonchev–Trinajstić information content (AvgIpc) is 1.85. The third-order valence-electron chi connectivity index (χ3n) is 20.7. The lowest BCUT2D eigenvalue weighted by atomic mass is 9.64. The second-order valence-corrected chi connectivity index (χ2v) is 24.6. The van der Waals surface area contributed by atoms with Crippen LogP contribution in [0.4, 0.5) is 17.1 Å². The first kappa shape index (κ1) is 47.5. The first-order valence-electron chi connectivity index (χ1n) is 30.7. The Hall–Kier alpha value is -9.18. The molecule has 0 atom stereocenters. The minimum Gasteiger partial charge on any atom is -0.457 e. The lowest BCUT2D eigenvalue weighted by Crippen LogP contribution is -2.33. The van der Waals surface area contributed by atoms with Gasteiger partial charge in [0.2, 0.25) is 0 Å². The zero-order valence-corrected chi connectivity index (χ0v) is 46.6. The summed E-state index contributed by atoms with van der Waals surface area (Å²) in [5.41, 5.74) is 26.9. The Morgan fingerprint density at radius 3 is 1.18 bits per heavy atom. The van der Waals surface area contributed by atoms with Crippen molar-refractivity contribution in [1.29, 1.82) is 0 Å². The maximum absolute atomic E-state index is 7.27. The van der Waals surface area contributed by atoms with Crippen LogP contribution < -0.4 is 9.64 Å². The van der Waals surface area contributed by atoms with E-state index in [1.165, 1.54) is 175 Å². The molecule has 12 aromatic rings. The molecule has 5 aliphatic carbocycles. The van der Waals surface area contributed by atoms with E-state index in [9.17, 15) is 0 Å². The maximum Gasteiger partial charge on any atom is 0.132 e. The van der Waals surface area contributed by atoms with Crippen LogP contribution in [0.1, 0.15) is 132 Å². The van der Waals surface area contributed by atoms with E-state index in [1.807, 2.05) is 0 Å². The summed E-state index contributed by atoms with van der Waals surface area (Å²) in [6, 6.07) is 93.5. The fourth-order valence-electron chi connectivity index (χ4n) is 17.2. The number of rotatable bonds is 6. The predicted octanol–water partition coefficient (Wildman–Crippen LogP) is 21.2. The molecular formula is C80H62N2O. The van der Waals surface area contributed by atoms with E-state index >= 15 is 0 Å². The van der Waals surface area contributed by atoms with E-state index in [0.717, 1.165) is 34.2 Å². The van der Waals surface area contributed by atoms with Crippen molar-refractivity contribution in [2.24, 2.45) is 0 Å². The van der Waals surface area contributed by atoms with Crippen molar-refractivity contribution < 1.29 is 4.74 Å². The molecule has 2 heterocycles. The fraction of sp³-hybridized carbons (Fsp3) is 0.175. The monoisotopic (exact) mass is 1070 g/mol. The van der Waals surface area contributed by atoms with Gasteiger partial charge in [0, 0.05) is 33.3 Å². The largest absolute Gasteiger partial charge is 0.457 e. The van der Waals surface area contributed by atoms with Crippen molar-refractivity contribution in [3.05, 3.63) is 298 Å². The summed E-state index contributed by atoms with van der Waals surface area (Å²) >= 11 is 0. The molecule has 83 heavy (non-hydrogen) atoms. The van der Waals surface area contributed by atoms with Gasteiger partial charge in [0.15, 0.2) is 0 Å². The number of fused-ring (bicyclic) bond motifs is 22. The number of para-hydroxylation sites is 4. The average molecular weight is 1070 g/mol. The lowest BCUT2D eigenvalue weighted by Gasteiger charge is -2.41. The molecule has 3 heteroatoms. The van der Waals surface area contributed by atoms with Gasteiger partial charge < -0.3 is 14.2 Å². The van der Waals surface area contributed by atoms with E-state index in [-0.39, 0.29) is 0 Å². The zero-order chi connectivity index (χ0) is 54.4. The van der Waals surface area contributed by atoms with Crippen molar-refractivity contribution in [3.63, 3.8) is 0 Å². The van der Waals surface area contributed by atoms with Crippen molar-refractivity contribution in [2.75, 3.05) is 4.90 Å². The van der Waals surface area contributed by atoms with Gasteiger partial charge in [-0.25, -0.2) is 0 Å². The molecule has 0 bridgehead atoms. The first-order chi connectivity index (χ1) is 41.2. The summed E-state index contributed by atoms with van der Waals surface area (Å²) in [6.07, 6.45) is 12.7. The van der Waals surface area contributed by atoms with E-state index in [4.69, 9.17) is 4.74 Å². The molecule has 0 unspecified atom stereocenters. The van der Waals surface area contributed by atoms with Crippen molar-refractivity contribution in [1.82, 2.24) is 4.57 Å². The van der Waals surface area contributed by atoms with Crippen LogP contribution in [0, 0.1) is 0 Å². The Labute approximate surface area is 486 Å². The molecule has 2 fully saturated rings. The van der Waals surface area contributed by atoms with Gasteiger partial charge in [-0.2, -0.15) is 0 Å². The highest BCUT2D eigenvalue weighted by molar-refractivity contribution is 6.10. The van der Waals surface area contributed by atoms with E-state index in [2.05, 4.69) is 252 Å². The fourth-order valence-corrected chi connectivity index (χ4v) is 17.2. The third-order valence-corrected chi connectivity index (χ3v) is 20.7. The molecule has 0 N–H and O–H groups in total. The smallest absolute Gasteiger partial charge is 0.132 e. The standard InChI is InChI=1S/C80H62N2O/c1-3-21-51(22-4-1)53-39-45-77-71(47-53)80(72-48-54(40-46-78(72)83-77)52-23-5-2-6-24-52)68-34-16-10-28-60(68)62-44-42-56(50-70(62)80)81(75-37-19-20-38-76(75)82-73-35-17-11-29-63(73)64-30-12-18-36-74(64)82)55-41-43-61-59-27-9-15-33-67(59)79(69(61)49-55)65-31-13-7-25-57(65)58-26-8-14-32-66(58)79/h7-20,25-52H,1-6,21-24H2. The second kappa shape index (κ2) is 18.2. The molecule has 3 nitrogen and oxygen atoms in total. The van der Waals surface area contributed by atoms with Gasteiger partial charge in [-0.15, -0.1) is 0 Å². The summed E-state index contributed by atoms with van der Waals surface area (Å²) in [5.74, 6) is 2.99. The number of hydrogen-bond acceptors (Lipinski definition) is 2. The molecule has 2 saturated carbocycles. The van der Waals surface area contributed by atoms with Crippen molar-refractivity contribution >= 4 is 38.9 Å². The van der Waals surface area contributed by atoms with Gasteiger partial charge in [-0.1, -0.05) is 221 Å². The molecule has 18 rings (SSSR count). The predicted molar refractivity (Wildman–Crippen MR) is 341 cm³/mol. The van der Waals surface area contributed by atoms with Crippen LogP contribution in [0.25, 0.3) is 60.9 Å². The summed E-state index contributed by atoms with van der Waals surface area (Å²) < 4.78 is 9.78. The molecule has 6 aliphatic rings. The van der Waals surface area contributed by atoms with Crippen LogP contribution in [0.2, 0.25) is 0 Å². The summed E-state index contributed by atoms with van der Waals surface area (Å²) in [5, 5.41) is 2.49. The Kier molecular flexibility index (Phi) is 10.4. The van der Waals surface area contributed by atoms with Gasteiger partial charge in [-0.05, 0) is 176 Å². The minimum absolute atomic E-state index is 0.515. The minimum atomic E-state index is -0.654. The Bertz CT molecular complexity index is 4470. The molecule has 1 aliphatic heterocycles. The summed E-state index contributed by atoms with van der Waals surface area (Å²) in [6.45, 7) is 0. The molecule has 1 aromatic heterocycles. The van der Waals surface area contributed by atoms with E-state index in [0.29, 0.717) is 11.8 Å². The molecule has 398 valence electrons. The van der Waals surface area contributed by atoms with Crippen LogP contribution >= 0.6 is 0 Å². The van der Waals surface area contributed by atoms with E-state index in [1.54, 1.807) is 0 Å². The van der Waals surface area contributed by atoms with Crippen LogP contribution in [-0.2, 0) is 10.8 Å². The summed E-state index contributed by atoms with van der Waals surface area (Å²) in [7, 11) is 0. The van der Waals surface area contributed by atoms with Crippen LogP contribution in [0.5, 0.6) is 11.5 Å². The van der Waals surface area contributed by atoms with Gasteiger partial charge in [0.05, 0.1) is 33.2 Å². The normalized spacial score (nSPS) is 16.6. The summed E-state index contributed by atoms with van der Waals surface area (Å²) in [4.78, 5) is 2.61. The first-order valence-corrected chi connectivity index (χ1v) is 30.7. The second-order valence-electron chi connectivity index (χ2n) is 24.6. The van der Waals surface area contributed by atoms with E-state index < -0.39 is 10.8 Å². The van der Waals surface area contributed by atoms with Crippen LogP contribution in [0.3, 0.4) is 0 Å². The third kappa shape index (κ3) is 6.57. The highest BCUT2D eigenvalue weighted by Gasteiger charge is 2.54. The zero-order valence-electron chi connectivity index (χ0n) is 46.6. The van der Waals surface area contributed by atoms with Crippen molar-refractivity contribution in [2.45, 2.75) is 86.9 Å². The van der Waals surface area contributed by atoms with Crippen LogP contribution in [0.15, 0.2) is 243 Å². The molecule has 0 amide bonds. The number of ether oxygens (including phenoxy) is 1. The van der Waals surface area contributed by atoms with Crippen LogP contribution in [-0.4, -0.2) is 4.57 Å². The number of hydrogen-bond donors (Lipinski definition) is 0. The highest BCUT2D eigenvalue weighted by atomic mass is 16.5. The Morgan fingerprint density at radius 1 is 0.325 bits per heavy atom. The number of benzene rings is 11. The molecule has 2 spiro atoms. The molecule has 0 radical (unpaired) electrons. The number of aromatic nitrogens is 1. The Morgan fingerprint density at radius 2 is 0.711 bits per heavy atom. The number of anilines is 3. The van der Waals surface area contributed by atoms with Gasteiger partial charge in [0.1, 0.15) is 11.5 Å². The highest BCUT2D eigenvalue weighted by Crippen LogP contribution is 2.66. The topological polar surface area (TPSA) is 17.4 Å². The lowest BCUT2D eigenvalue weighted by molar-refractivity contribution is 0.424. The quantitative estimate of drug-likeness (QED) is 0.165. The van der Waals surface area contributed by atoms with Gasteiger partial charge in [0.25, 0.3) is 0 Å². The molecular weight excluding hydrogens is 1000 g/mol. The van der Waals surface area contributed by atoms with Gasteiger partial charge in [-0.3, -0.25) is 0 Å². The van der Waals surface area contributed by atoms with Crippen molar-refractivity contribution in [3.8, 4) is 50.6 Å². The maximum atomic E-state index is 7.27. The van der Waals surface area contributed by atoms with Gasteiger partial charge >= 0.3 is 0 Å². The molecule has 0 saturated heterocycles. The molecule has 11 aromatic carbocycles.